The molecule has 0 aliphatic heterocycles. The molecule has 0 fully saturated rings. The Kier molecular flexibility index (Phi) is 3.97. The summed E-state index contributed by atoms with van der Waals surface area (Å²) < 4.78 is 0. The zero-order valence-electron chi connectivity index (χ0n) is 10.3. The van der Waals surface area contributed by atoms with E-state index < -0.39 is 0 Å². The van der Waals surface area contributed by atoms with E-state index in [1.165, 1.54) is 5.57 Å². The van der Waals surface area contributed by atoms with E-state index in [0.717, 1.165) is 17.8 Å². The van der Waals surface area contributed by atoms with Gasteiger partial charge in [-0.05, 0) is 31.6 Å². The maximum absolute atomic E-state index is 11.8. The van der Waals surface area contributed by atoms with Crippen molar-refractivity contribution in [2.75, 3.05) is 5.32 Å². The molecule has 1 aliphatic rings. The van der Waals surface area contributed by atoms with Gasteiger partial charge in [-0.3, -0.25) is 0 Å². The number of hydrogen-bond acceptors (Lipinski definition) is 1. The van der Waals surface area contributed by atoms with Crippen molar-refractivity contribution in [3.8, 4) is 0 Å². The minimum Gasteiger partial charge on any atom is -0.308 e. The molecular weight excluding hydrogens is 224 g/mol. The Morgan fingerprint density at radius 3 is 2.61 bits per heavy atom. The van der Waals surface area contributed by atoms with E-state index in [9.17, 15) is 4.79 Å². The van der Waals surface area contributed by atoms with E-state index in [4.69, 9.17) is 0 Å². The number of hydrogen-bond donors (Lipinski definition) is 2. The molecule has 0 bridgehead atoms. The topological polar surface area (TPSA) is 41.1 Å². The van der Waals surface area contributed by atoms with Gasteiger partial charge in [0.1, 0.15) is 0 Å². The average molecular weight is 240 g/mol. The first-order valence-corrected chi connectivity index (χ1v) is 5.92. The monoisotopic (exact) mass is 240 g/mol. The van der Waals surface area contributed by atoms with Crippen molar-refractivity contribution in [2.45, 2.75) is 13.3 Å². The summed E-state index contributed by atoms with van der Waals surface area (Å²) >= 11 is 0. The van der Waals surface area contributed by atoms with Crippen LogP contribution in [0, 0.1) is 0 Å². The molecule has 0 saturated heterocycles. The van der Waals surface area contributed by atoms with Gasteiger partial charge < -0.3 is 10.6 Å². The zero-order valence-corrected chi connectivity index (χ0v) is 10.3. The third kappa shape index (κ3) is 3.63. The number of amides is 2. The Morgan fingerprint density at radius 2 is 1.83 bits per heavy atom. The quantitative estimate of drug-likeness (QED) is 0.814. The summed E-state index contributed by atoms with van der Waals surface area (Å²) in [6, 6.07) is 9.15. The van der Waals surface area contributed by atoms with Gasteiger partial charge in [-0.25, -0.2) is 4.79 Å². The number of allylic oxidation sites excluding steroid dienone is 5. The van der Waals surface area contributed by atoms with E-state index in [0.29, 0.717) is 0 Å². The molecule has 2 amide bonds. The fourth-order valence-corrected chi connectivity index (χ4v) is 1.64. The Morgan fingerprint density at radius 1 is 1.06 bits per heavy atom. The lowest BCUT2D eigenvalue weighted by molar-refractivity contribution is 0.254. The summed E-state index contributed by atoms with van der Waals surface area (Å²) in [4.78, 5) is 11.8. The van der Waals surface area contributed by atoms with Gasteiger partial charge in [0.05, 0.1) is 0 Å². The second-order valence-electron chi connectivity index (χ2n) is 4.12. The van der Waals surface area contributed by atoms with E-state index in [1.54, 1.807) is 0 Å². The highest BCUT2D eigenvalue weighted by Gasteiger charge is 2.03. The second kappa shape index (κ2) is 5.87. The summed E-state index contributed by atoms with van der Waals surface area (Å²) in [6.45, 7) is 2.04. The van der Waals surface area contributed by atoms with E-state index in [1.807, 2.05) is 55.5 Å². The van der Waals surface area contributed by atoms with Gasteiger partial charge in [0.2, 0.25) is 0 Å². The highest BCUT2D eigenvalue weighted by atomic mass is 16.2. The first-order valence-electron chi connectivity index (χ1n) is 5.92. The lowest BCUT2D eigenvalue weighted by Gasteiger charge is -2.07. The highest BCUT2D eigenvalue weighted by Crippen LogP contribution is 2.09. The van der Waals surface area contributed by atoms with Crippen molar-refractivity contribution in [2.24, 2.45) is 0 Å². The van der Waals surface area contributed by atoms with Gasteiger partial charge in [0.15, 0.2) is 0 Å². The molecule has 1 aromatic carbocycles. The van der Waals surface area contributed by atoms with Crippen molar-refractivity contribution in [3.05, 3.63) is 65.9 Å². The van der Waals surface area contributed by atoms with Crippen LogP contribution in [0.15, 0.2) is 65.9 Å². The van der Waals surface area contributed by atoms with Gasteiger partial charge in [-0.1, -0.05) is 42.0 Å². The van der Waals surface area contributed by atoms with Crippen LogP contribution in [-0.4, -0.2) is 6.03 Å². The van der Waals surface area contributed by atoms with Crippen molar-refractivity contribution < 1.29 is 4.79 Å². The predicted octanol–water partition coefficient (Wildman–Crippen LogP) is 3.60. The maximum Gasteiger partial charge on any atom is 0.323 e. The molecule has 0 heterocycles. The molecule has 2 rings (SSSR count). The summed E-state index contributed by atoms with van der Waals surface area (Å²) in [7, 11) is 0. The molecule has 0 spiro atoms. The SMILES string of the molecule is CC1=CCC=C(NC(=O)Nc2ccccc2)C=C1. The molecule has 92 valence electrons. The van der Waals surface area contributed by atoms with Gasteiger partial charge in [0, 0.05) is 11.4 Å². The number of anilines is 1. The lowest BCUT2D eigenvalue weighted by Crippen LogP contribution is -2.27. The number of carbonyl (C=O) groups excluding carboxylic acids is 1. The van der Waals surface area contributed by atoms with Gasteiger partial charge in [0.25, 0.3) is 0 Å². The van der Waals surface area contributed by atoms with Crippen LogP contribution in [0.3, 0.4) is 0 Å². The molecule has 0 unspecified atom stereocenters. The number of benzene rings is 1. The van der Waals surface area contributed by atoms with Gasteiger partial charge in [-0.2, -0.15) is 0 Å². The average Bonchev–Trinajstić information content (AvgIpc) is 2.56. The minimum absolute atomic E-state index is 0.225. The molecule has 3 nitrogen and oxygen atoms in total. The largest absolute Gasteiger partial charge is 0.323 e. The predicted molar refractivity (Wildman–Crippen MR) is 74.2 cm³/mol. The molecule has 18 heavy (non-hydrogen) atoms. The highest BCUT2D eigenvalue weighted by molar-refractivity contribution is 5.90. The third-order valence-electron chi connectivity index (χ3n) is 2.59. The van der Waals surface area contributed by atoms with Gasteiger partial charge >= 0.3 is 6.03 Å². The van der Waals surface area contributed by atoms with E-state index >= 15 is 0 Å². The molecule has 0 saturated carbocycles. The van der Waals surface area contributed by atoms with Crippen LogP contribution in [0.1, 0.15) is 13.3 Å². The number of rotatable bonds is 2. The van der Waals surface area contributed by atoms with Crippen LogP contribution in [0.25, 0.3) is 0 Å². The lowest BCUT2D eigenvalue weighted by atomic mass is 10.2. The summed E-state index contributed by atoms with van der Waals surface area (Å²) in [5.74, 6) is 0. The van der Waals surface area contributed by atoms with Crippen molar-refractivity contribution >= 4 is 11.7 Å². The summed E-state index contributed by atoms with van der Waals surface area (Å²) in [6.07, 6.45) is 8.82. The fraction of sp³-hybridized carbons (Fsp3) is 0.133. The van der Waals surface area contributed by atoms with Crippen LogP contribution >= 0.6 is 0 Å². The van der Waals surface area contributed by atoms with Crippen LogP contribution in [0.4, 0.5) is 10.5 Å². The molecular formula is C15H16N2O. The second-order valence-corrected chi connectivity index (χ2v) is 4.12. The molecule has 1 aliphatic carbocycles. The molecule has 3 heteroatoms. The first-order chi connectivity index (χ1) is 8.74. The number of nitrogens with one attached hydrogen (secondary N) is 2. The number of para-hydroxylation sites is 1. The number of urea groups is 1. The number of carbonyl (C=O) groups is 1. The minimum atomic E-state index is -0.225. The Bertz CT molecular complexity index is 513. The molecule has 0 aromatic heterocycles. The van der Waals surface area contributed by atoms with Crippen LogP contribution in [0.5, 0.6) is 0 Å². The fourth-order valence-electron chi connectivity index (χ4n) is 1.64. The first kappa shape index (κ1) is 12.2. The summed E-state index contributed by atoms with van der Waals surface area (Å²) in [5, 5.41) is 5.60. The Hall–Kier alpha value is -2.29. The van der Waals surface area contributed by atoms with Crippen LogP contribution in [0.2, 0.25) is 0 Å². The maximum atomic E-state index is 11.8. The van der Waals surface area contributed by atoms with Gasteiger partial charge in [-0.15, -0.1) is 0 Å². The van der Waals surface area contributed by atoms with Crippen molar-refractivity contribution in [3.63, 3.8) is 0 Å². The molecule has 0 atom stereocenters. The molecule has 2 N–H and O–H groups in total. The van der Waals surface area contributed by atoms with Crippen molar-refractivity contribution in [1.29, 1.82) is 0 Å². The molecule has 0 radical (unpaired) electrons. The Labute approximate surface area is 107 Å². The van der Waals surface area contributed by atoms with E-state index in [-0.39, 0.29) is 6.03 Å². The third-order valence-corrected chi connectivity index (χ3v) is 2.59. The zero-order chi connectivity index (χ0) is 12.8. The molecule has 1 aromatic rings. The van der Waals surface area contributed by atoms with E-state index in [2.05, 4.69) is 16.7 Å². The standard InChI is InChI=1S/C15H16N2O/c1-12-6-5-9-14(11-10-12)17-15(18)16-13-7-3-2-4-8-13/h2-4,6-11H,5H2,1H3,(H2,16,17,18). The van der Waals surface area contributed by atoms with Crippen molar-refractivity contribution in [1.82, 2.24) is 5.32 Å². The normalized spacial score (nSPS) is 14.3. The smallest absolute Gasteiger partial charge is 0.308 e. The Balaban J connectivity index is 1.93. The summed E-state index contributed by atoms with van der Waals surface area (Å²) in [5.41, 5.74) is 2.80. The van der Waals surface area contributed by atoms with Crippen LogP contribution < -0.4 is 10.6 Å². The van der Waals surface area contributed by atoms with Crippen LogP contribution in [-0.2, 0) is 0 Å².